The van der Waals surface area contributed by atoms with E-state index in [-0.39, 0.29) is 11.4 Å². The molecule has 0 aliphatic heterocycles. The van der Waals surface area contributed by atoms with Gasteiger partial charge < -0.3 is 5.11 Å². The van der Waals surface area contributed by atoms with Crippen LogP contribution in [-0.4, -0.2) is 36.9 Å². The van der Waals surface area contributed by atoms with E-state index in [2.05, 4.69) is 5.92 Å². The molecule has 0 aromatic heterocycles. The first-order chi connectivity index (χ1) is 8.91. The van der Waals surface area contributed by atoms with Gasteiger partial charge in [0.1, 0.15) is 6.54 Å². The zero-order valence-corrected chi connectivity index (χ0v) is 10.6. The number of sulfonamides is 1. The number of terminal acetylenes is 1. The van der Waals surface area contributed by atoms with Crippen LogP contribution in [0.15, 0.2) is 29.2 Å². The summed E-state index contributed by atoms with van der Waals surface area (Å²) in [5, 5.41) is 17.3. The van der Waals surface area contributed by atoms with Crippen molar-refractivity contribution in [2.45, 2.75) is 4.90 Å². The van der Waals surface area contributed by atoms with Crippen molar-refractivity contribution in [3.8, 4) is 18.4 Å². The number of hydrogen-bond acceptors (Lipinski definition) is 4. The van der Waals surface area contributed by atoms with Crippen LogP contribution in [0.3, 0.4) is 0 Å². The molecule has 0 fully saturated rings. The molecule has 7 heteroatoms. The number of carboxylic acid groups (broad SMARTS) is 1. The predicted octanol–water partition coefficient (Wildman–Crippen LogP) is 0.267. The molecule has 0 aliphatic rings. The third-order valence-electron chi connectivity index (χ3n) is 2.20. The van der Waals surface area contributed by atoms with Crippen molar-refractivity contribution >= 4 is 16.0 Å². The topological polar surface area (TPSA) is 98.5 Å². The summed E-state index contributed by atoms with van der Waals surface area (Å²) in [7, 11) is -3.98. The molecular formula is C12H10N2O4S. The Morgan fingerprint density at radius 1 is 1.37 bits per heavy atom. The van der Waals surface area contributed by atoms with Gasteiger partial charge in [-0.3, -0.25) is 4.79 Å². The first-order valence-electron chi connectivity index (χ1n) is 5.07. The molecule has 0 radical (unpaired) electrons. The average Bonchev–Trinajstić information content (AvgIpc) is 2.38. The second-order valence-corrected chi connectivity index (χ2v) is 5.45. The number of nitriles is 1. The van der Waals surface area contributed by atoms with Crippen molar-refractivity contribution in [2.75, 3.05) is 13.1 Å². The highest BCUT2D eigenvalue weighted by atomic mass is 32.2. The summed E-state index contributed by atoms with van der Waals surface area (Å²) in [6, 6.07) is 7.00. The van der Waals surface area contributed by atoms with Gasteiger partial charge in [-0.2, -0.15) is 9.57 Å². The van der Waals surface area contributed by atoms with Crippen LogP contribution in [0.25, 0.3) is 0 Å². The lowest BCUT2D eigenvalue weighted by atomic mass is 10.2. The molecule has 0 saturated carbocycles. The monoisotopic (exact) mass is 278 g/mol. The maximum atomic E-state index is 12.1. The number of benzene rings is 1. The molecule has 0 atom stereocenters. The van der Waals surface area contributed by atoms with Crippen molar-refractivity contribution < 1.29 is 18.3 Å². The summed E-state index contributed by atoms with van der Waals surface area (Å²) in [4.78, 5) is 10.5. The Balaban J connectivity index is 3.15. The Labute approximate surface area is 110 Å². The lowest BCUT2D eigenvalue weighted by Gasteiger charge is -2.17. The van der Waals surface area contributed by atoms with Gasteiger partial charge >= 0.3 is 5.97 Å². The number of nitrogens with zero attached hydrogens (tertiary/aromatic N) is 2. The van der Waals surface area contributed by atoms with Gasteiger partial charge in [0.2, 0.25) is 10.0 Å². The second-order valence-electron chi connectivity index (χ2n) is 3.51. The fourth-order valence-electron chi connectivity index (χ4n) is 1.33. The zero-order chi connectivity index (χ0) is 14.5. The molecule has 0 amide bonds. The van der Waals surface area contributed by atoms with Gasteiger partial charge in [-0.25, -0.2) is 8.42 Å². The minimum atomic E-state index is -3.98. The SMILES string of the molecule is C#CCN(CC(=O)O)S(=O)(=O)c1ccc(C#N)cc1. The Kier molecular flexibility index (Phi) is 4.65. The summed E-state index contributed by atoms with van der Waals surface area (Å²) in [6.45, 7) is -1.05. The summed E-state index contributed by atoms with van der Waals surface area (Å²) >= 11 is 0. The molecule has 0 bridgehead atoms. The van der Waals surface area contributed by atoms with E-state index in [1.54, 1.807) is 0 Å². The van der Waals surface area contributed by atoms with Gasteiger partial charge in [-0.05, 0) is 24.3 Å². The van der Waals surface area contributed by atoms with Crippen LogP contribution in [-0.2, 0) is 14.8 Å². The fraction of sp³-hybridized carbons (Fsp3) is 0.167. The molecule has 0 aliphatic carbocycles. The van der Waals surface area contributed by atoms with Crippen molar-refractivity contribution in [3.63, 3.8) is 0 Å². The fourth-order valence-corrected chi connectivity index (χ4v) is 2.63. The van der Waals surface area contributed by atoms with E-state index in [4.69, 9.17) is 16.8 Å². The summed E-state index contributed by atoms with van der Waals surface area (Å²) in [5.74, 6) is 0.804. The van der Waals surface area contributed by atoms with Crippen LogP contribution in [0.4, 0.5) is 0 Å². The third-order valence-corrected chi connectivity index (χ3v) is 4.01. The molecule has 98 valence electrons. The van der Waals surface area contributed by atoms with Crippen LogP contribution in [0.2, 0.25) is 0 Å². The Morgan fingerprint density at radius 3 is 2.37 bits per heavy atom. The van der Waals surface area contributed by atoms with Gasteiger partial charge in [0.05, 0.1) is 23.1 Å². The molecule has 0 saturated heterocycles. The van der Waals surface area contributed by atoms with E-state index in [0.717, 1.165) is 0 Å². The van der Waals surface area contributed by atoms with Crippen molar-refractivity contribution in [1.29, 1.82) is 5.26 Å². The molecule has 1 rings (SSSR count). The number of rotatable bonds is 5. The highest BCUT2D eigenvalue weighted by Crippen LogP contribution is 2.15. The van der Waals surface area contributed by atoms with E-state index in [1.807, 2.05) is 6.07 Å². The van der Waals surface area contributed by atoms with Gasteiger partial charge in [0.25, 0.3) is 0 Å². The Morgan fingerprint density at radius 2 is 1.95 bits per heavy atom. The summed E-state index contributed by atoms with van der Waals surface area (Å²) in [5.41, 5.74) is 0.306. The van der Waals surface area contributed by atoms with Gasteiger partial charge in [-0.1, -0.05) is 5.92 Å². The summed E-state index contributed by atoms with van der Waals surface area (Å²) in [6.07, 6.45) is 5.03. The molecule has 19 heavy (non-hydrogen) atoms. The number of carbonyl (C=O) groups is 1. The van der Waals surface area contributed by atoms with E-state index >= 15 is 0 Å². The number of carboxylic acids is 1. The Hall–Kier alpha value is -2.35. The largest absolute Gasteiger partial charge is 0.480 e. The third kappa shape index (κ3) is 3.55. The van der Waals surface area contributed by atoms with Crippen LogP contribution >= 0.6 is 0 Å². The normalized spacial score (nSPS) is 10.7. The molecule has 0 heterocycles. The number of hydrogen-bond donors (Lipinski definition) is 1. The molecule has 1 aromatic rings. The standard InChI is InChI=1S/C12H10N2O4S/c1-2-7-14(9-12(15)16)19(17,18)11-5-3-10(8-13)4-6-11/h1,3-6H,7,9H2,(H,15,16). The first-order valence-corrected chi connectivity index (χ1v) is 6.51. The highest BCUT2D eigenvalue weighted by Gasteiger charge is 2.25. The molecular weight excluding hydrogens is 268 g/mol. The van der Waals surface area contributed by atoms with Crippen LogP contribution in [0, 0.1) is 23.7 Å². The lowest BCUT2D eigenvalue weighted by Crippen LogP contribution is -2.35. The van der Waals surface area contributed by atoms with E-state index in [1.165, 1.54) is 24.3 Å². The number of aliphatic carboxylic acids is 1. The van der Waals surface area contributed by atoms with Gasteiger partial charge in [-0.15, -0.1) is 6.42 Å². The zero-order valence-electron chi connectivity index (χ0n) is 9.78. The van der Waals surface area contributed by atoms with Crippen molar-refractivity contribution in [2.24, 2.45) is 0 Å². The van der Waals surface area contributed by atoms with E-state index in [9.17, 15) is 13.2 Å². The van der Waals surface area contributed by atoms with E-state index in [0.29, 0.717) is 9.87 Å². The van der Waals surface area contributed by atoms with Crippen LogP contribution in [0.5, 0.6) is 0 Å². The minimum Gasteiger partial charge on any atom is -0.480 e. The van der Waals surface area contributed by atoms with Crippen molar-refractivity contribution in [1.82, 2.24) is 4.31 Å². The van der Waals surface area contributed by atoms with Crippen molar-refractivity contribution in [3.05, 3.63) is 29.8 Å². The molecule has 6 nitrogen and oxygen atoms in total. The smallest absolute Gasteiger partial charge is 0.318 e. The predicted molar refractivity (Wildman–Crippen MR) is 66.4 cm³/mol. The first kappa shape index (κ1) is 14.7. The van der Waals surface area contributed by atoms with Gasteiger partial charge in [0.15, 0.2) is 0 Å². The summed E-state index contributed by atoms with van der Waals surface area (Å²) < 4.78 is 25.0. The molecule has 1 aromatic carbocycles. The minimum absolute atomic E-state index is 0.108. The Bertz CT molecular complexity index is 650. The average molecular weight is 278 g/mol. The van der Waals surface area contributed by atoms with Crippen LogP contribution in [0.1, 0.15) is 5.56 Å². The molecule has 1 N–H and O–H groups in total. The van der Waals surface area contributed by atoms with E-state index < -0.39 is 22.5 Å². The quantitative estimate of drug-likeness (QED) is 0.779. The maximum Gasteiger partial charge on any atom is 0.318 e. The van der Waals surface area contributed by atoms with Gasteiger partial charge in [0, 0.05) is 0 Å². The maximum absolute atomic E-state index is 12.1. The highest BCUT2D eigenvalue weighted by molar-refractivity contribution is 7.89. The second kappa shape index (κ2) is 6.01. The molecule has 0 unspecified atom stereocenters. The van der Waals surface area contributed by atoms with Crippen LogP contribution < -0.4 is 0 Å². The molecule has 0 spiro atoms. The lowest BCUT2D eigenvalue weighted by molar-refractivity contribution is -0.137.